The molecule has 318 valence electrons. The molecule has 12 N–H and O–H groups in total. The summed E-state index contributed by atoms with van der Waals surface area (Å²) in [7, 11) is 0. The highest BCUT2D eigenvalue weighted by atomic mass is 16.4. The monoisotopic (exact) mass is 811 g/mol. The van der Waals surface area contributed by atoms with E-state index in [1.54, 1.807) is 18.2 Å². The van der Waals surface area contributed by atoms with Crippen molar-refractivity contribution in [1.29, 1.82) is 0 Å². The number of aromatic hydroxyl groups is 3. The lowest BCUT2D eigenvalue weighted by Crippen LogP contribution is -2.45. The maximum atomic E-state index is 11.8. The number of hydrogen-bond acceptors (Lipinski definition) is 11. The molecule has 0 spiro atoms. The van der Waals surface area contributed by atoms with E-state index in [4.69, 9.17) is 15.9 Å². The first-order chi connectivity index (χ1) is 27.6. The van der Waals surface area contributed by atoms with Gasteiger partial charge in [-0.1, -0.05) is 66.1 Å². The first-order valence-corrected chi connectivity index (χ1v) is 18.3. The fraction of sp³-hybridized carbons (Fsp3) is 0.375. The summed E-state index contributed by atoms with van der Waals surface area (Å²) in [6, 6.07) is 22.1. The molecule has 18 nitrogen and oxygen atoms in total. The molecular weight excluding hydrogens is 754 g/mol. The van der Waals surface area contributed by atoms with Gasteiger partial charge >= 0.3 is 5.97 Å². The van der Waals surface area contributed by atoms with Crippen molar-refractivity contribution in [3.8, 4) is 17.2 Å². The van der Waals surface area contributed by atoms with Crippen molar-refractivity contribution in [3.05, 3.63) is 89.5 Å². The maximum Gasteiger partial charge on any atom is 0.322 e. The van der Waals surface area contributed by atoms with Crippen LogP contribution in [0, 0.1) is 13.8 Å². The third-order valence-corrected chi connectivity index (χ3v) is 7.27. The van der Waals surface area contributed by atoms with Crippen LogP contribution in [0.4, 0.5) is 0 Å². The summed E-state index contributed by atoms with van der Waals surface area (Å²) in [6.45, 7) is 4.66. The van der Waals surface area contributed by atoms with Crippen molar-refractivity contribution in [1.82, 2.24) is 31.9 Å². The Labute approximate surface area is 338 Å². The largest absolute Gasteiger partial charge is 0.508 e. The minimum Gasteiger partial charge on any atom is -0.508 e. The van der Waals surface area contributed by atoms with Gasteiger partial charge in [0.15, 0.2) is 11.5 Å². The molecule has 0 bridgehead atoms. The van der Waals surface area contributed by atoms with Gasteiger partial charge in [-0.2, -0.15) is 0 Å². The quantitative estimate of drug-likeness (QED) is 0.0452. The molecule has 18 heteroatoms. The molecule has 0 aliphatic rings. The number of aliphatic carboxylic acids is 1. The Balaban J connectivity index is 0.000000828. The molecule has 0 radical (unpaired) electrons. The minimum atomic E-state index is -1.22. The van der Waals surface area contributed by atoms with E-state index in [2.05, 4.69) is 45.6 Å². The summed E-state index contributed by atoms with van der Waals surface area (Å²) >= 11 is 0. The molecule has 0 saturated carbocycles. The Morgan fingerprint density at radius 2 is 1.17 bits per heavy atom. The average Bonchev–Trinajstić information content (AvgIpc) is 3.19. The minimum absolute atomic E-state index is 0.00202. The number of carbonyl (C=O) groups excluding carboxylic acids is 6. The van der Waals surface area contributed by atoms with E-state index in [0.717, 1.165) is 24.8 Å². The van der Waals surface area contributed by atoms with Crippen LogP contribution in [0.2, 0.25) is 0 Å². The first kappa shape index (κ1) is 51.3. The van der Waals surface area contributed by atoms with Gasteiger partial charge in [0.1, 0.15) is 12.3 Å². The van der Waals surface area contributed by atoms with Crippen LogP contribution in [0.3, 0.4) is 0 Å². The van der Waals surface area contributed by atoms with E-state index in [-0.39, 0.29) is 36.5 Å². The van der Waals surface area contributed by atoms with Gasteiger partial charge in [-0.3, -0.25) is 33.6 Å². The number of carbonyl (C=O) groups is 7. The fourth-order valence-electron chi connectivity index (χ4n) is 4.17. The molecule has 58 heavy (non-hydrogen) atoms. The molecule has 0 aromatic heterocycles. The molecule has 1 unspecified atom stereocenters. The molecule has 0 aliphatic carbocycles. The summed E-state index contributed by atoms with van der Waals surface area (Å²) in [5.74, 6) is -3.78. The number of phenols is 3. The standard InChI is InChI=1S/C15H24N2O3.C11H17N5O7.C7H8O.C7H8/c1-11(4-2-3-9-16)17-15(20)8-6-12-5-7-13(18)14(19)10-12;17-6-12-1-7(18)13-2-8(19)14-3-9(20)15-4-10(21)16-5-11(22)23;1-6-2-4-7(8)5-3-6;1-7-5-3-2-4-6-7/h5,7,10-11,18-19H,2-4,6,8-9,16H2,1H3,(H,17,20);6H,1-5H2,(H,12,17)(H,13,18)(H,14,19)(H,15,20)(H,16,21)(H,22,23);2-5,8H,1H3;2-6H,1H3. The summed E-state index contributed by atoms with van der Waals surface area (Å²) in [4.78, 5) is 76.7. The molecule has 3 rings (SSSR count). The van der Waals surface area contributed by atoms with Crippen molar-refractivity contribution in [2.75, 3.05) is 39.3 Å². The van der Waals surface area contributed by atoms with E-state index >= 15 is 0 Å². The summed E-state index contributed by atoms with van der Waals surface area (Å²) in [5.41, 5.74) is 8.74. The van der Waals surface area contributed by atoms with Gasteiger partial charge in [-0.05, 0) is 76.4 Å². The molecule has 1 atom stereocenters. The highest BCUT2D eigenvalue weighted by Gasteiger charge is 2.10. The van der Waals surface area contributed by atoms with Crippen molar-refractivity contribution in [2.24, 2.45) is 5.73 Å². The van der Waals surface area contributed by atoms with Crippen LogP contribution >= 0.6 is 0 Å². The van der Waals surface area contributed by atoms with Gasteiger partial charge in [0, 0.05) is 12.5 Å². The maximum absolute atomic E-state index is 11.8. The van der Waals surface area contributed by atoms with E-state index in [1.807, 2.05) is 49.5 Å². The Kier molecular flexibility index (Phi) is 27.9. The van der Waals surface area contributed by atoms with Gasteiger partial charge in [0.25, 0.3) is 0 Å². The van der Waals surface area contributed by atoms with Crippen LogP contribution in [0.25, 0.3) is 0 Å². The Bertz CT molecular complexity index is 1670. The van der Waals surface area contributed by atoms with Gasteiger partial charge in [-0.25, -0.2) is 0 Å². The number of hydrogen-bond donors (Lipinski definition) is 11. The van der Waals surface area contributed by atoms with Crippen molar-refractivity contribution >= 4 is 41.9 Å². The van der Waals surface area contributed by atoms with Crippen LogP contribution in [0.15, 0.2) is 72.8 Å². The molecule has 3 aromatic rings. The fourth-order valence-corrected chi connectivity index (χ4v) is 4.17. The predicted molar refractivity (Wildman–Crippen MR) is 216 cm³/mol. The lowest BCUT2D eigenvalue weighted by molar-refractivity contribution is -0.137. The number of rotatable bonds is 19. The van der Waals surface area contributed by atoms with E-state index < -0.39 is 49.2 Å². The van der Waals surface area contributed by atoms with Crippen LogP contribution in [0.5, 0.6) is 17.2 Å². The second kappa shape index (κ2) is 31.5. The van der Waals surface area contributed by atoms with Crippen molar-refractivity contribution in [2.45, 2.75) is 58.9 Å². The number of phenolic OH excluding ortho intramolecular Hbond substituents is 3. The summed E-state index contributed by atoms with van der Waals surface area (Å²) < 4.78 is 0. The summed E-state index contributed by atoms with van der Waals surface area (Å²) in [5, 5.41) is 49.3. The third-order valence-electron chi connectivity index (χ3n) is 7.27. The number of benzene rings is 3. The highest BCUT2D eigenvalue weighted by Crippen LogP contribution is 2.25. The van der Waals surface area contributed by atoms with Gasteiger partial charge < -0.3 is 58.1 Å². The van der Waals surface area contributed by atoms with E-state index in [0.29, 0.717) is 31.5 Å². The molecule has 0 heterocycles. The van der Waals surface area contributed by atoms with Gasteiger partial charge in [0.2, 0.25) is 35.9 Å². The highest BCUT2D eigenvalue weighted by molar-refractivity contribution is 5.90. The Morgan fingerprint density at radius 1 is 0.655 bits per heavy atom. The van der Waals surface area contributed by atoms with Gasteiger partial charge in [-0.15, -0.1) is 0 Å². The zero-order valence-electron chi connectivity index (χ0n) is 33.1. The third kappa shape index (κ3) is 29.6. The number of amides is 6. The lowest BCUT2D eigenvalue weighted by atomic mass is 10.1. The Morgan fingerprint density at radius 3 is 1.62 bits per heavy atom. The molecule has 0 fully saturated rings. The topological polar surface area (TPSA) is 299 Å². The molecule has 0 aliphatic heterocycles. The SMILES string of the molecule is CC(CCCCN)NC(=O)CCc1ccc(O)c(O)c1.Cc1ccc(O)cc1.Cc1ccccc1.O=CNCC(=O)NCC(=O)NCC(=O)NCC(=O)NCC(=O)O. The number of carboxylic acid groups (broad SMARTS) is 1. The lowest BCUT2D eigenvalue weighted by Gasteiger charge is -2.13. The molecule has 6 amide bonds. The number of carboxylic acids is 1. The normalized spacial score (nSPS) is 10.1. The van der Waals surface area contributed by atoms with Gasteiger partial charge in [0.05, 0.1) is 26.2 Å². The number of nitrogens with two attached hydrogens (primary N) is 1. The summed E-state index contributed by atoms with van der Waals surface area (Å²) in [6.07, 6.45) is 4.16. The number of aryl methyl sites for hydroxylation is 3. The second-order valence-electron chi connectivity index (χ2n) is 12.6. The van der Waals surface area contributed by atoms with Crippen molar-refractivity contribution in [3.63, 3.8) is 0 Å². The first-order valence-electron chi connectivity index (χ1n) is 18.3. The average molecular weight is 812 g/mol. The zero-order valence-corrected chi connectivity index (χ0v) is 33.1. The zero-order chi connectivity index (χ0) is 43.7. The number of nitrogens with one attached hydrogen (secondary N) is 6. The van der Waals surface area contributed by atoms with E-state index in [1.165, 1.54) is 23.3 Å². The second-order valence-corrected chi connectivity index (χ2v) is 12.6. The van der Waals surface area contributed by atoms with Crippen molar-refractivity contribution < 1.29 is 54.0 Å². The predicted octanol–water partition coefficient (Wildman–Crippen LogP) is 0.642. The van der Waals surface area contributed by atoms with Crippen LogP contribution < -0.4 is 37.6 Å². The molecule has 0 saturated heterocycles. The number of unbranched alkanes of at least 4 members (excludes halogenated alkanes) is 1. The van der Waals surface area contributed by atoms with Crippen LogP contribution in [0.1, 0.15) is 49.3 Å². The van der Waals surface area contributed by atoms with E-state index in [9.17, 15) is 43.8 Å². The van der Waals surface area contributed by atoms with Crippen LogP contribution in [-0.4, -0.2) is 108 Å². The van der Waals surface area contributed by atoms with Crippen LogP contribution in [-0.2, 0) is 40.0 Å². The smallest absolute Gasteiger partial charge is 0.322 e. The molecule has 3 aromatic carbocycles. The Hall–Kier alpha value is -6.69. The molecular formula is C40H57N7O11.